The summed E-state index contributed by atoms with van der Waals surface area (Å²) in [4.78, 5) is 30.5. The minimum atomic E-state index is -0.635. The van der Waals surface area contributed by atoms with Crippen LogP contribution in [0, 0.1) is 16.0 Å². The summed E-state index contributed by atoms with van der Waals surface area (Å²) in [7, 11) is 5.10. The number of aromatic nitrogens is 1. The fourth-order valence-corrected chi connectivity index (χ4v) is 3.00. The highest BCUT2D eigenvalue weighted by atomic mass is 16.6. The van der Waals surface area contributed by atoms with E-state index in [0.717, 1.165) is 25.9 Å². The zero-order chi connectivity index (χ0) is 17.0. The van der Waals surface area contributed by atoms with Gasteiger partial charge in [0.2, 0.25) is 5.82 Å². The number of methoxy groups -OCH3 is 1. The van der Waals surface area contributed by atoms with E-state index in [1.54, 1.807) is 11.9 Å². The van der Waals surface area contributed by atoms with Crippen LogP contribution in [0.4, 0.5) is 11.5 Å². The highest BCUT2D eigenvalue weighted by Gasteiger charge is 2.25. The monoisotopic (exact) mass is 322 g/mol. The van der Waals surface area contributed by atoms with E-state index in [1.165, 1.54) is 19.4 Å². The Kier molecular flexibility index (Phi) is 5.49. The maximum atomic E-state index is 11.5. The summed E-state index contributed by atoms with van der Waals surface area (Å²) < 4.78 is 4.58. The Labute approximate surface area is 135 Å². The number of rotatable bonds is 5. The molecule has 1 atom stereocenters. The fraction of sp³-hybridized carbons (Fsp3) is 0.600. The Morgan fingerprint density at radius 3 is 2.96 bits per heavy atom. The summed E-state index contributed by atoms with van der Waals surface area (Å²) in [6.07, 6.45) is 3.55. The van der Waals surface area contributed by atoms with Crippen LogP contribution in [0.2, 0.25) is 0 Å². The van der Waals surface area contributed by atoms with E-state index in [9.17, 15) is 14.9 Å². The Bertz CT molecular complexity index is 593. The summed E-state index contributed by atoms with van der Waals surface area (Å²) in [5.41, 5.74) is -0.103. The summed E-state index contributed by atoms with van der Waals surface area (Å²) >= 11 is 0. The molecular weight excluding hydrogens is 300 g/mol. The minimum absolute atomic E-state index is 0.0775. The van der Waals surface area contributed by atoms with Gasteiger partial charge in [-0.3, -0.25) is 10.1 Å². The Morgan fingerprint density at radius 1 is 1.61 bits per heavy atom. The van der Waals surface area contributed by atoms with Crippen molar-refractivity contribution < 1.29 is 14.5 Å². The smallest absolute Gasteiger partial charge is 0.339 e. The zero-order valence-corrected chi connectivity index (χ0v) is 13.7. The molecule has 2 heterocycles. The molecule has 23 heavy (non-hydrogen) atoms. The molecule has 1 saturated heterocycles. The number of ether oxygens (including phenoxy) is 1. The Balaban J connectivity index is 2.20. The summed E-state index contributed by atoms with van der Waals surface area (Å²) in [5.74, 6) is 0.0834. The number of carbonyl (C=O) groups is 1. The second-order valence-corrected chi connectivity index (χ2v) is 5.97. The van der Waals surface area contributed by atoms with Crippen LogP contribution in [-0.2, 0) is 4.74 Å². The van der Waals surface area contributed by atoms with Gasteiger partial charge in [0.25, 0.3) is 0 Å². The van der Waals surface area contributed by atoms with Crippen LogP contribution in [0.25, 0.3) is 0 Å². The van der Waals surface area contributed by atoms with Gasteiger partial charge in [-0.05, 0) is 32.4 Å². The molecule has 0 aromatic carbocycles. The summed E-state index contributed by atoms with van der Waals surface area (Å²) in [5, 5.41) is 11.3. The number of nitro groups is 1. The molecule has 8 heteroatoms. The van der Waals surface area contributed by atoms with Crippen molar-refractivity contribution in [3.8, 4) is 0 Å². The van der Waals surface area contributed by atoms with Crippen LogP contribution in [0.15, 0.2) is 12.3 Å². The Morgan fingerprint density at radius 2 is 2.35 bits per heavy atom. The van der Waals surface area contributed by atoms with Crippen LogP contribution in [0.1, 0.15) is 23.2 Å². The molecule has 1 unspecified atom stereocenters. The van der Waals surface area contributed by atoms with Gasteiger partial charge in [-0.15, -0.1) is 0 Å². The van der Waals surface area contributed by atoms with Gasteiger partial charge in [0.15, 0.2) is 0 Å². The van der Waals surface area contributed by atoms with Crippen molar-refractivity contribution in [2.75, 3.05) is 45.7 Å². The number of hydrogen-bond donors (Lipinski definition) is 0. The molecule has 1 aliphatic rings. The van der Waals surface area contributed by atoms with Crippen molar-refractivity contribution in [3.05, 3.63) is 27.9 Å². The van der Waals surface area contributed by atoms with E-state index in [2.05, 4.69) is 21.7 Å². The van der Waals surface area contributed by atoms with Gasteiger partial charge in [-0.1, -0.05) is 0 Å². The van der Waals surface area contributed by atoms with E-state index in [1.807, 2.05) is 0 Å². The van der Waals surface area contributed by atoms with E-state index < -0.39 is 10.9 Å². The lowest BCUT2D eigenvalue weighted by molar-refractivity contribution is -0.384. The first-order valence-electron chi connectivity index (χ1n) is 7.54. The zero-order valence-electron chi connectivity index (χ0n) is 13.7. The maximum absolute atomic E-state index is 11.5. The lowest BCUT2D eigenvalue weighted by Gasteiger charge is -2.32. The number of esters is 1. The van der Waals surface area contributed by atoms with Crippen LogP contribution in [0.3, 0.4) is 0 Å². The molecule has 2 rings (SSSR count). The maximum Gasteiger partial charge on any atom is 0.339 e. The average Bonchev–Trinajstić information content (AvgIpc) is 2.53. The van der Waals surface area contributed by atoms with Crippen molar-refractivity contribution in [2.24, 2.45) is 5.92 Å². The third-order valence-corrected chi connectivity index (χ3v) is 4.08. The number of piperidine rings is 1. The lowest BCUT2D eigenvalue weighted by Crippen LogP contribution is -2.38. The quantitative estimate of drug-likeness (QED) is 0.461. The molecule has 1 aromatic heterocycles. The molecule has 0 bridgehead atoms. The third-order valence-electron chi connectivity index (χ3n) is 4.08. The van der Waals surface area contributed by atoms with Crippen molar-refractivity contribution in [2.45, 2.75) is 12.8 Å². The normalized spacial score (nSPS) is 18.5. The topological polar surface area (TPSA) is 88.8 Å². The highest BCUT2D eigenvalue weighted by Crippen LogP contribution is 2.27. The number of pyridine rings is 1. The Hall–Kier alpha value is -2.22. The van der Waals surface area contributed by atoms with Gasteiger partial charge in [0, 0.05) is 32.4 Å². The van der Waals surface area contributed by atoms with Gasteiger partial charge in [0.05, 0.1) is 17.6 Å². The second kappa shape index (κ2) is 7.36. The standard InChI is InChI=1S/C15H22N4O4/c1-17-6-4-5-11(9-17)10-18(2)14-13(19(21)22)7-12(8-16-14)15(20)23-3/h7-8,11H,4-6,9-10H2,1-3H3. The van der Waals surface area contributed by atoms with E-state index >= 15 is 0 Å². The van der Waals surface area contributed by atoms with Gasteiger partial charge in [-0.2, -0.15) is 0 Å². The largest absolute Gasteiger partial charge is 0.465 e. The van der Waals surface area contributed by atoms with Gasteiger partial charge < -0.3 is 14.5 Å². The minimum Gasteiger partial charge on any atom is -0.465 e. The number of carbonyl (C=O) groups excluding carboxylic acids is 1. The van der Waals surface area contributed by atoms with Crippen molar-refractivity contribution in [1.29, 1.82) is 0 Å². The SMILES string of the molecule is COC(=O)c1cnc(N(C)CC2CCCN(C)C2)c([N+](=O)[O-])c1. The van der Waals surface area contributed by atoms with Crippen LogP contribution in [0.5, 0.6) is 0 Å². The number of hydrogen-bond acceptors (Lipinski definition) is 7. The molecule has 1 aromatic rings. The molecule has 0 amide bonds. The fourth-order valence-electron chi connectivity index (χ4n) is 3.00. The molecule has 8 nitrogen and oxygen atoms in total. The highest BCUT2D eigenvalue weighted by molar-refractivity contribution is 5.90. The van der Waals surface area contributed by atoms with Crippen molar-refractivity contribution >= 4 is 17.5 Å². The predicted molar refractivity (Wildman–Crippen MR) is 85.7 cm³/mol. The van der Waals surface area contributed by atoms with Crippen molar-refractivity contribution in [1.82, 2.24) is 9.88 Å². The molecular formula is C15H22N4O4. The summed E-state index contributed by atoms with van der Waals surface area (Å²) in [6, 6.07) is 1.22. The molecule has 126 valence electrons. The molecule has 0 saturated carbocycles. The van der Waals surface area contributed by atoms with E-state index in [-0.39, 0.29) is 17.1 Å². The number of anilines is 1. The molecule has 0 N–H and O–H groups in total. The third kappa shape index (κ3) is 4.16. The van der Waals surface area contributed by atoms with Crippen LogP contribution >= 0.6 is 0 Å². The molecule has 0 spiro atoms. The van der Waals surface area contributed by atoms with Crippen LogP contribution < -0.4 is 4.90 Å². The van der Waals surface area contributed by atoms with Crippen molar-refractivity contribution in [3.63, 3.8) is 0 Å². The van der Waals surface area contributed by atoms with Crippen LogP contribution in [-0.4, -0.2) is 61.6 Å². The molecule has 1 aliphatic heterocycles. The predicted octanol–water partition coefficient (Wildman–Crippen LogP) is 1.55. The van der Waals surface area contributed by atoms with Gasteiger partial charge in [-0.25, -0.2) is 9.78 Å². The first-order valence-corrected chi connectivity index (χ1v) is 7.54. The molecule has 0 radical (unpaired) electrons. The van der Waals surface area contributed by atoms with E-state index in [0.29, 0.717) is 12.5 Å². The van der Waals surface area contributed by atoms with Gasteiger partial charge in [0.1, 0.15) is 0 Å². The number of likely N-dealkylation sites (tertiary alicyclic amines) is 1. The summed E-state index contributed by atoms with van der Waals surface area (Å²) in [6.45, 7) is 2.75. The lowest BCUT2D eigenvalue weighted by atomic mass is 9.98. The first kappa shape index (κ1) is 17.1. The molecule has 1 fully saturated rings. The first-order chi connectivity index (χ1) is 10.9. The second-order valence-electron chi connectivity index (χ2n) is 5.97. The van der Waals surface area contributed by atoms with Gasteiger partial charge >= 0.3 is 11.7 Å². The molecule has 0 aliphatic carbocycles. The number of nitrogens with zero attached hydrogens (tertiary/aromatic N) is 4. The van der Waals surface area contributed by atoms with E-state index in [4.69, 9.17) is 0 Å². The average molecular weight is 322 g/mol.